The van der Waals surface area contributed by atoms with Crippen molar-refractivity contribution in [1.29, 1.82) is 0 Å². The SMILES string of the molecule is CCCCCC(=O)N(CCCCC)CCCCC. The maximum absolute atomic E-state index is 12.1. The van der Waals surface area contributed by atoms with Gasteiger partial charge in [-0.15, -0.1) is 0 Å². The average molecular weight is 255 g/mol. The summed E-state index contributed by atoms with van der Waals surface area (Å²) >= 11 is 0. The predicted octanol–water partition coefficient (Wildman–Crippen LogP) is 4.78. The van der Waals surface area contributed by atoms with Gasteiger partial charge in [0.2, 0.25) is 5.91 Å². The van der Waals surface area contributed by atoms with Gasteiger partial charge in [0.15, 0.2) is 0 Å². The first-order chi connectivity index (χ1) is 8.76. The van der Waals surface area contributed by atoms with E-state index in [0.717, 1.165) is 25.9 Å². The fraction of sp³-hybridized carbons (Fsp3) is 0.938. The van der Waals surface area contributed by atoms with Crippen LogP contribution in [0.5, 0.6) is 0 Å². The van der Waals surface area contributed by atoms with Crippen molar-refractivity contribution in [1.82, 2.24) is 4.90 Å². The Morgan fingerprint density at radius 3 is 1.61 bits per heavy atom. The summed E-state index contributed by atoms with van der Waals surface area (Å²) in [5.74, 6) is 0.385. The molecule has 1 amide bonds. The fourth-order valence-electron chi connectivity index (χ4n) is 2.15. The van der Waals surface area contributed by atoms with Gasteiger partial charge in [-0.1, -0.05) is 59.3 Å². The largest absolute Gasteiger partial charge is 0.343 e. The Kier molecular flexibility index (Phi) is 12.5. The smallest absolute Gasteiger partial charge is 0.222 e. The number of unbranched alkanes of at least 4 members (excludes halogenated alkanes) is 6. The first kappa shape index (κ1) is 17.5. The quantitative estimate of drug-likeness (QED) is 0.460. The highest BCUT2D eigenvalue weighted by atomic mass is 16.2. The number of hydrogen-bond donors (Lipinski definition) is 0. The van der Waals surface area contributed by atoms with Gasteiger partial charge in [0, 0.05) is 19.5 Å². The molecule has 0 saturated carbocycles. The summed E-state index contributed by atoms with van der Waals surface area (Å²) in [5.41, 5.74) is 0. The number of nitrogens with zero attached hydrogens (tertiary/aromatic N) is 1. The monoisotopic (exact) mass is 255 g/mol. The molecule has 0 bridgehead atoms. The molecule has 0 unspecified atom stereocenters. The Morgan fingerprint density at radius 2 is 1.17 bits per heavy atom. The first-order valence-electron chi connectivity index (χ1n) is 8.04. The zero-order chi connectivity index (χ0) is 13.6. The van der Waals surface area contributed by atoms with Crippen molar-refractivity contribution in [3.05, 3.63) is 0 Å². The maximum Gasteiger partial charge on any atom is 0.222 e. The summed E-state index contributed by atoms with van der Waals surface area (Å²) in [4.78, 5) is 14.2. The molecule has 0 atom stereocenters. The molecule has 0 aromatic rings. The third-order valence-electron chi connectivity index (χ3n) is 3.41. The van der Waals surface area contributed by atoms with Gasteiger partial charge in [-0.3, -0.25) is 4.79 Å². The number of hydrogen-bond acceptors (Lipinski definition) is 1. The van der Waals surface area contributed by atoms with E-state index in [1.165, 1.54) is 51.4 Å². The second-order valence-electron chi connectivity index (χ2n) is 5.25. The van der Waals surface area contributed by atoms with Gasteiger partial charge in [-0.25, -0.2) is 0 Å². The van der Waals surface area contributed by atoms with Gasteiger partial charge < -0.3 is 4.90 Å². The van der Waals surface area contributed by atoms with Crippen molar-refractivity contribution < 1.29 is 4.79 Å². The van der Waals surface area contributed by atoms with Crippen LogP contribution < -0.4 is 0 Å². The van der Waals surface area contributed by atoms with Crippen molar-refractivity contribution in [2.24, 2.45) is 0 Å². The Balaban J connectivity index is 3.95. The molecule has 0 aliphatic carbocycles. The summed E-state index contributed by atoms with van der Waals surface area (Å²) in [6.45, 7) is 8.56. The summed E-state index contributed by atoms with van der Waals surface area (Å²) in [6.07, 6.45) is 11.5. The molecule has 0 aliphatic heterocycles. The van der Waals surface area contributed by atoms with Crippen LogP contribution in [0.3, 0.4) is 0 Å². The Labute approximate surface area is 114 Å². The Morgan fingerprint density at radius 1 is 0.722 bits per heavy atom. The lowest BCUT2D eigenvalue weighted by Gasteiger charge is -2.22. The molecular weight excluding hydrogens is 222 g/mol. The number of carbonyl (C=O) groups is 1. The lowest BCUT2D eigenvalue weighted by molar-refractivity contribution is -0.131. The minimum absolute atomic E-state index is 0.385. The molecule has 0 aliphatic rings. The van der Waals surface area contributed by atoms with E-state index in [2.05, 4.69) is 25.7 Å². The molecule has 0 aromatic carbocycles. The molecule has 0 aromatic heterocycles. The van der Waals surface area contributed by atoms with Gasteiger partial charge in [0.05, 0.1) is 0 Å². The van der Waals surface area contributed by atoms with E-state index in [1.807, 2.05) is 0 Å². The number of rotatable bonds is 12. The van der Waals surface area contributed by atoms with Crippen molar-refractivity contribution in [3.63, 3.8) is 0 Å². The molecule has 0 radical (unpaired) electrons. The van der Waals surface area contributed by atoms with Gasteiger partial charge in [0.25, 0.3) is 0 Å². The topological polar surface area (TPSA) is 20.3 Å². The standard InChI is InChI=1S/C16H33NO/c1-4-7-10-13-16(18)17(14-11-8-5-2)15-12-9-6-3/h4-15H2,1-3H3. The van der Waals surface area contributed by atoms with Gasteiger partial charge in [-0.2, -0.15) is 0 Å². The van der Waals surface area contributed by atoms with Gasteiger partial charge in [0.1, 0.15) is 0 Å². The van der Waals surface area contributed by atoms with E-state index < -0.39 is 0 Å². The fourth-order valence-corrected chi connectivity index (χ4v) is 2.15. The number of amides is 1. The summed E-state index contributed by atoms with van der Waals surface area (Å²) < 4.78 is 0. The van der Waals surface area contributed by atoms with Crippen molar-refractivity contribution in [2.45, 2.75) is 85.0 Å². The van der Waals surface area contributed by atoms with Crippen molar-refractivity contribution >= 4 is 5.91 Å². The highest BCUT2D eigenvalue weighted by molar-refractivity contribution is 5.76. The van der Waals surface area contributed by atoms with E-state index in [4.69, 9.17) is 0 Å². The third kappa shape index (κ3) is 9.49. The zero-order valence-corrected chi connectivity index (χ0v) is 12.8. The van der Waals surface area contributed by atoms with E-state index in [1.54, 1.807) is 0 Å². The molecule has 108 valence electrons. The van der Waals surface area contributed by atoms with Crippen molar-refractivity contribution in [3.8, 4) is 0 Å². The van der Waals surface area contributed by atoms with Crippen LogP contribution in [0.4, 0.5) is 0 Å². The zero-order valence-electron chi connectivity index (χ0n) is 12.8. The highest BCUT2D eigenvalue weighted by Gasteiger charge is 2.11. The second-order valence-corrected chi connectivity index (χ2v) is 5.25. The van der Waals surface area contributed by atoms with Gasteiger partial charge >= 0.3 is 0 Å². The summed E-state index contributed by atoms with van der Waals surface area (Å²) in [6, 6.07) is 0. The lowest BCUT2D eigenvalue weighted by Crippen LogP contribution is -2.32. The van der Waals surface area contributed by atoms with Crippen LogP contribution >= 0.6 is 0 Å². The highest BCUT2D eigenvalue weighted by Crippen LogP contribution is 2.08. The third-order valence-corrected chi connectivity index (χ3v) is 3.41. The molecule has 2 nitrogen and oxygen atoms in total. The molecule has 0 N–H and O–H groups in total. The molecule has 0 saturated heterocycles. The molecular formula is C16H33NO. The molecule has 0 spiro atoms. The van der Waals surface area contributed by atoms with E-state index >= 15 is 0 Å². The van der Waals surface area contributed by atoms with Crippen LogP contribution in [-0.4, -0.2) is 23.9 Å². The molecule has 2 heteroatoms. The van der Waals surface area contributed by atoms with Crippen LogP contribution in [0.2, 0.25) is 0 Å². The predicted molar refractivity (Wildman–Crippen MR) is 79.8 cm³/mol. The maximum atomic E-state index is 12.1. The van der Waals surface area contributed by atoms with Crippen LogP contribution in [0.15, 0.2) is 0 Å². The Hall–Kier alpha value is -0.530. The van der Waals surface area contributed by atoms with Crippen LogP contribution in [-0.2, 0) is 4.79 Å². The van der Waals surface area contributed by atoms with Crippen molar-refractivity contribution in [2.75, 3.05) is 13.1 Å². The minimum Gasteiger partial charge on any atom is -0.343 e. The normalized spacial score (nSPS) is 10.6. The molecule has 0 heterocycles. The number of carbonyl (C=O) groups excluding carboxylic acids is 1. The summed E-state index contributed by atoms with van der Waals surface area (Å²) in [7, 11) is 0. The second kappa shape index (κ2) is 12.9. The molecule has 18 heavy (non-hydrogen) atoms. The average Bonchev–Trinajstić information content (AvgIpc) is 2.37. The first-order valence-corrected chi connectivity index (χ1v) is 8.04. The van der Waals surface area contributed by atoms with Crippen LogP contribution in [0, 0.1) is 0 Å². The lowest BCUT2D eigenvalue weighted by atomic mass is 10.1. The van der Waals surface area contributed by atoms with E-state index in [9.17, 15) is 4.79 Å². The molecule has 0 fully saturated rings. The van der Waals surface area contributed by atoms with Crippen LogP contribution in [0.25, 0.3) is 0 Å². The molecule has 0 rings (SSSR count). The van der Waals surface area contributed by atoms with E-state index in [0.29, 0.717) is 5.91 Å². The Bertz CT molecular complexity index is 182. The van der Waals surface area contributed by atoms with Gasteiger partial charge in [-0.05, 0) is 19.3 Å². The summed E-state index contributed by atoms with van der Waals surface area (Å²) in [5, 5.41) is 0. The van der Waals surface area contributed by atoms with Crippen LogP contribution in [0.1, 0.15) is 85.0 Å². The minimum atomic E-state index is 0.385. The van der Waals surface area contributed by atoms with E-state index in [-0.39, 0.29) is 0 Å².